The van der Waals surface area contributed by atoms with Gasteiger partial charge < -0.3 is 9.52 Å². The van der Waals surface area contributed by atoms with Crippen molar-refractivity contribution in [3.63, 3.8) is 0 Å². The lowest BCUT2D eigenvalue weighted by Crippen LogP contribution is -1.95. The Hall–Kier alpha value is -2.35. The highest BCUT2D eigenvalue weighted by atomic mass is 16.4. The molecule has 14 heavy (non-hydrogen) atoms. The minimum atomic E-state index is -1.25. The Bertz CT molecular complexity index is 551. The molecule has 0 saturated heterocycles. The number of nitriles is 1. The van der Waals surface area contributed by atoms with Crippen LogP contribution in [0.15, 0.2) is 22.6 Å². The molecule has 0 aliphatic heterocycles. The fraction of sp³-hybridized carbons (Fsp3) is 0. The van der Waals surface area contributed by atoms with Gasteiger partial charge in [-0.25, -0.2) is 9.78 Å². The quantitative estimate of drug-likeness (QED) is 0.730. The lowest BCUT2D eigenvalue weighted by Gasteiger charge is -1.86. The van der Waals surface area contributed by atoms with Crippen LogP contribution in [0.3, 0.4) is 0 Å². The summed E-state index contributed by atoms with van der Waals surface area (Å²) in [5.41, 5.74) is 0.896. The van der Waals surface area contributed by atoms with E-state index in [2.05, 4.69) is 4.98 Å². The predicted octanol–water partition coefficient (Wildman–Crippen LogP) is 1.40. The van der Waals surface area contributed by atoms with E-state index >= 15 is 0 Å². The summed E-state index contributed by atoms with van der Waals surface area (Å²) < 4.78 is 4.91. The molecule has 0 amide bonds. The monoisotopic (exact) mass is 188 g/mol. The molecule has 0 bridgehead atoms. The third-order valence-corrected chi connectivity index (χ3v) is 1.72. The first-order valence-electron chi connectivity index (χ1n) is 3.75. The van der Waals surface area contributed by atoms with E-state index in [0.29, 0.717) is 11.1 Å². The van der Waals surface area contributed by atoms with Gasteiger partial charge in [0.25, 0.3) is 0 Å². The van der Waals surface area contributed by atoms with E-state index < -0.39 is 11.9 Å². The van der Waals surface area contributed by atoms with Crippen LogP contribution in [0.5, 0.6) is 0 Å². The number of benzene rings is 1. The van der Waals surface area contributed by atoms with Crippen molar-refractivity contribution in [3.05, 3.63) is 29.7 Å². The average molecular weight is 188 g/mol. The van der Waals surface area contributed by atoms with Gasteiger partial charge in [-0.3, -0.25) is 0 Å². The van der Waals surface area contributed by atoms with E-state index in [0.717, 1.165) is 0 Å². The third-order valence-electron chi connectivity index (χ3n) is 1.72. The van der Waals surface area contributed by atoms with Crippen LogP contribution >= 0.6 is 0 Å². The van der Waals surface area contributed by atoms with Crippen LogP contribution in [-0.4, -0.2) is 16.1 Å². The highest BCUT2D eigenvalue weighted by molar-refractivity contribution is 5.88. The molecule has 1 aromatic carbocycles. The molecule has 0 atom stereocenters. The van der Waals surface area contributed by atoms with E-state index in [1.54, 1.807) is 18.2 Å². The Balaban J connectivity index is 2.78. The minimum Gasteiger partial charge on any atom is -0.474 e. The fourth-order valence-corrected chi connectivity index (χ4v) is 1.13. The van der Waals surface area contributed by atoms with Crippen LogP contribution in [0.1, 0.15) is 16.2 Å². The molecule has 0 aliphatic carbocycles. The zero-order chi connectivity index (χ0) is 10.1. The lowest BCUT2D eigenvalue weighted by atomic mass is 10.2. The Labute approximate surface area is 78.2 Å². The molecule has 0 saturated carbocycles. The van der Waals surface area contributed by atoms with Gasteiger partial charge in [0.2, 0.25) is 0 Å². The number of para-hydroxylation sites is 1. The number of aromatic nitrogens is 1. The second kappa shape index (κ2) is 2.85. The first kappa shape index (κ1) is 8.26. The lowest BCUT2D eigenvalue weighted by molar-refractivity contribution is 0.0656. The molecule has 1 aromatic heterocycles. The van der Waals surface area contributed by atoms with Crippen molar-refractivity contribution in [2.24, 2.45) is 0 Å². The van der Waals surface area contributed by atoms with Gasteiger partial charge in [0.15, 0.2) is 5.58 Å². The van der Waals surface area contributed by atoms with Gasteiger partial charge in [0.05, 0.1) is 5.56 Å². The van der Waals surface area contributed by atoms with E-state index in [1.807, 2.05) is 6.07 Å². The van der Waals surface area contributed by atoms with Crippen LogP contribution in [0, 0.1) is 11.3 Å². The number of aromatic carboxylic acids is 1. The number of rotatable bonds is 1. The highest BCUT2D eigenvalue weighted by Gasteiger charge is 2.14. The molecule has 5 nitrogen and oxygen atoms in total. The molecule has 0 aliphatic rings. The van der Waals surface area contributed by atoms with Gasteiger partial charge in [-0.1, -0.05) is 6.07 Å². The number of nitrogens with zero attached hydrogens (tertiary/aromatic N) is 2. The topological polar surface area (TPSA) is 87.1 Å². The summed E-state index contributed by atoms with van der Waals surface area (Å²) >= 11 is 0. The molecule has 68 valence electrons. The maximum Gasteiger partial charge on any atom is 0.392 e. The molecule has 0 unspecified atom stereocenters. The van der Waals surface area contributed by atoms with Gasteiger partial charge in [-0.05, 0) is 12.1 Å². The number of carboxylic acids is 1. The standard InChI is InChI=1S/C9H4N2O3/c10-4-5-2-1-3-6-7(5)11-8(14-6)9(12)13/h1-3H,(H,12,13). The maximum absolute atomic E-state index is 10.5. The smallest absolute Gasteiger partial charge is 0.392 e. The van der Waals surface area contributed by atoms with Crippen molar-refractivity contribution in [3.8, 4) is 6.07 Å². The fourth-order valence-electron chi connectivity index (χ4n) is 1.13. The Morgan fingerprint density at radius 1 is 1.57 bits per heavy atom. The summed E-state index contributed by atoms with van der Waals surface area (Å²) in [6, 6.07) is 6.63. The molecule has 0 spiro atoms. The Morgan fingerprint density at radius 3 is 3.00 bits per heavy atom. The number of carboxylic acid groups (broad SMARTS) is 1. The summed E-state index contributed by atoms with van der Waals surface area (Å²) in [5, 5.41) is 17.3. The van der Waals surface area contributed by atoms with Crippen LogP contribution in [-0.2, 0) is 0 Å². The number of carbonyl (C=O) groups is 1. The molecule has 0 radical (unpaired) electrons. The van der Waals surface area contributed by atoms with Crippen LogP contribution in [0.2, 0.25) is 0 Å². The second-order valence-corrected chi connectivity index (χ2v) is 2.59. The highest BCUT2D eigenvalue weighted by Crippen LogP contribution is 2.18. The largest absolute Gasteiger partial charge is 0.474 e. The van der Waals surface area contributed by atoms with Crippen LogP contribution in [0.25, 0.3) is 11.1 Å². The molecule has 5 heteroatoms. The van der Waals surface area contributed by atoms with Crippen molar-refractivity contribution < 1.29 is 14.3 Å². The molecule has 2 rings (SSSR count). The van der Waals surface area contributed by atoms with Gasteiger partial charge in [-0.15, -0.1) is 0 Å². The number of hydrogen-bond donors (Lipinski definition) is 1. The number of hydrogen-bond acceptors (Lipinski definition) is 4. The summed E-state index contributed by atoms with van der Waals surface area (Å²) in [6.07, 6.45) is 0. The maximum atomic E-state index is 10.5. The molecular formula is C9H4N2O3. The molecular weight excluding hydrogens is 184 g/mol. The van der Waals surface area contributed by atoms with Crippen molar-refractivity contribution in [1.29, 1.82) is 5.26 Å². The summed E-state index contributed by atoms with van der Waals surface area (Å²) in [6.45, 7) is 0. The average Bonchev–Trinajstić information content (AvgIpc) is 2.60. The zero-order valence-corrected chi connectivity index (χ0v) is 6.89. The van der Waals surface area contributed by atoms with E-state index in [-0.39, 0.29) is 5.52 Å². The molecule has 1 N–H and O–H groups in total. The van der Waals surface area contributed by atoms with E-state index in [1.165, 1.54) is 0 Å². The molecule has 1 heterocycles. The zero-order valence-electron chi connectivity index (χ0n) is 6.89. The second-order valence-electron chi connectivity index (χ2n) is 2.59. The van der Waals surface area contributed by atoms with Crippen LogP contribution < -0.4 is 0 Å². The van der Waals surface area contributed by atoms with E-state index in [9.17, 15) is 4.79 Å². The Morgan fingerprint density at radius 2 is 2.36 bits per heavy atom. The summed E-state index contributed by atoms with van der Waals surface area (Å²) in [7, 11) is 0. The van der Waals surface area contributed by atoms with Gasteiger partial charge in [0.1, 0.15) is 11.6 Å². The first-order chi connectivity index (χ1) is 6.72. The van der Waals surface area contributed by atoms with E-state index in [4.69, 9.17) is 14.8 Å². The number of oxazole rings is 1. The van der Waals surface area contributed by atoms with Crippen LogP contribution in [0.4, 0.5) is 0 Å². The number of fused-ring (bicyclic) bond motifs is 1. The third kappa shape index (κ3) is 1.10. The van der Waals surface area contributed by atoms with Crippen molar-refractivity contribution in [2.75, 3.05) is 0 Å². The van der Waals surface area contributed by atoms with Crippen molar-refractivity contribution in [2.45, 2.75) is 0 Å². The van der Waals surface area contributed by atoms with Gasteiger partial charge >= 0.3 is 11.9 Å². The van der Waals surface area contributed by atoms with Gasteiger partial charge in [-0.2, -0.15) is 5.26 Å². The summed E-state index contributed by atoms with van der Waals surface area (Å²) in [4.78, 5) is 14.2. The van der Waals surface area contributed by atoms with Gasteiger partial charge in [0, 0.05) is 0 Å². The first-order valence-corrected chi connectivity index (χ1v) is 3.75. The molecule has 0 fully saturated rings. The van der Waals surface area contributed by atoms with Crippen molar-refractivity contribution in [1.82, 2.24) is 4.98 Å². The predicted molar refractivity (Wildman–Crippen MR) is 45.7 cm³/mol. The summed E-state index contributed by atoms with van der Waals surface area (Å²) in [5.74, 6) is -1.65. The normalized spacial score (nSPS) is 9.93. The Kier molecular flexibility index (Phi) is 1.68. The van der Waals surface area contributed by atoms with Crippen molar-refractivity contribution >= 4 is 17.1 Å². The molecule has 2 aromatic rings. The minimum absolute atomic E-state index is 0.285. The SMILES string of the molecule is N#Cc1cccc2oc(C(=O)O)nc12.